The van der Waals surface area contributed by atoms with Gasteiger partial charge in [-0.25, -0.2) is 8.78 Å². The molecule has 1 aliphatic rings. The predicted octanol–water partition coefficient (Wildman–Crippen LogP) is 1.65. The second-order valence-corrected chi connectivity index (χ2v) is 6.64. The van der Waals surface area contributed by atoms with Gasteiger partial charge in [0.2, 0.25) is 5.91 Å². The van der Waals surface area contributed by atoms with Crippen LogP contribution in [0.15, 0.2) is 30.5 Å². The van der Waals surface area contributed by atoms with Crippen LogP contribution in [0.1, 0.15) is 11.3 Å². The third-order valence-corrected chi connectivity index (χ3v) is 4.36. The molecule has 2 heterocycles. The summed E-state index contributed by atoms with van der Waals surface area (Å²) < 4.78 is 34.3. The van der Waals surface area contributed by atoms with Gasteiger partial charge in [-0.05, 0) is 23.8 Å². The zero-order valence-corrected chi connectivity index (χ0v) is 14.9. The standard InChI is InChI=1S/C18H22F2N4O2/c1-22(2)18(25)12-26-15-10-23(9-14-5-6-21-24(14)11-15)8-13-3-4-16(19)17(20)7-13/h3-7,15H,8-12H2,1-2H3/t15-/m1/s1. The summed E-state index contributed by atoms with van der Waals surface area (Å²) in [4.78, 5) is 15.4. The first kappa shape index (κ1) is 18.5. The van der Waals surface area contributed by atoms with Gasteiger partial charge in [-0.1, -0.05) is 6.07 Å². The summed E-state index contributed by atoms with van der Waals surface area (Å²) in [6, 6.07) is 5.84. The highest BCUT2D eigenvalue weighted by atomic mass is 19.2. The number of benzene rings is 1. The summed E-state index contributed by atoms with van der Waals surface area (Å²) >= 11 is 0. The quantitative estimate of drug-likeness (QED) is 0.810. The topological polar surface area (TPSA) is 50.6 Å². The maximum atomic E-state index is 13.5. The molecule has 0 unspecified atom stereocenters. The highest BCUT2D eigenvalue weighted by Crippen LogP contribution is 2.18. The van der Waals surface area contributed by atoms with Crippen LogP contribution in [0.5, 0.6) is 0 Å². The number of carbonyl (C=O) groups is 1. The highest BCUT2D eigenvalue weighted by molar-refractivity contribution is 5.76. The van der Waals surface area contributed by atoms with Crippen molar-refractivity contribution in [2.45, 2.75) is 25.7 Å². The summed E-state index contributed by atoms with van der Waals surface area (Å²) in [5, 5.41) is 4.30. The van der Waals surface area contributed by atoms with E-state index in [2.05, 4.69) is 10.00 Å². The van der Waals surface area contributed by atoms with E-state index in [0.717, 1.165) is 11.8 Å². The van der Waals surface area contributed by atoms with Gasteiger partial charge >= 0.3 is 0 Å². The number of rotatable bonds is 5. The average molecular weight is 364 g/mol. The monoisotopic (exact) mass is 364 g/mol. The van der Waals surface area contributed by atoms with Crippen molar-refractivity contribution in [3.05, 3.63) is 53.4 Å². The van der Waals surface area contributed by atoms with Crippen LogP contribution in [0.3, 0.4) is 0 Å². The number of hydrogen-bond acceptors (Lipinski definition) is 4. The van der Waals surface area contributed by atoms with Crippen molar-refractivity contribution in [2.75, 3.05) is 27.2 Å². The molecule has 1 aromatic carbocycles. The maximum absolute atomic E-state index is 13.5. The average Bonchev–Trinajstić information content (AvgIpc) is 2.95. The molecular formula is C18H22F2N4O2. The number of ether oxygens (including phenoxy) is 1. The van der Waals surface area contributed by atoms with Crippen molar-refractivity contribution in [2.24, 2.45) is 0 Å². The number of likely N-dealkylation sites (N-methyl/N-ethyl adjacent to an activating group) is 1. The van der Waals surface area contributed by atoms with E-state index in [4.69, 9.17) is 4.74 Å². The number of aromatic nitrogens is 2. The first-order chi connectivity index (χ1) is 12.4. The smallest absolute Gasteiger partial charge is 0.248 e. The van der Waals surface area contributed by atoms with E-state index in [1.165, 1.54) is 11.0 Å². The lowest BCUT2D eigenvalue weighted by Crippen LogP contribution is -2.36. The summed E-state index contributed by atoms with van der Waals surface area (Å²) in [7, 11) is 3.36. The fraction of sp³-hybridized carbons (Fsp3) is 0.444. The van der Waals surface area contributed by atoms with Gasteiger partial charge in [0.25, 0.3) is 0 Å². The van der Waals surface area contributed by atoms with Crippen LogP contribution in [0, 0.1) is 11.6 Å². The minimum Gasteiger partial charge on any atom is -0.365 e. The molecule has 1 aliphatic heterocycles. The predicted molar refractivity (Wildman–Crippen MR) is 91.1 cm³/mol. The van der Waals surface area contributed by atoms with Crippen molar-refractivity contribution in [3.63, 3.8) is 0 Å². The Morgan fingerprint density at radius 1 is 1.27 bits per heavy atom. The van der Waals surface area contributed by atoms with E-state index >= 15 is 0 Å². The molecule has 1 atom stereocenters. The van der Waals surface area contributed by atoms with Crippen LogP contribution in [0.2, 0.25) is 0 Å². The molecule has 1 amide bonds. The molecule has 0 spiro atoms. The zero-order valence-electron chi connectivity index (χ0n) is 14.9. The molecule has 8 heteroatoms. The fourth-order valence-corrected chi connectivity index (χ4v) is 2.93. The summed E-state index contributed by atoms with van der Waals surface area (Å²) in [6.45, 7) is 2.15. The maximum Gasteiger partial charge on any atom is 0.248 e. The first-order valence-electron chi connectivity index (χ1n) is 8.41. The van der Waals surface area contributed by atoms with Crippen molar-refractivity contribution in [3.8, 4) is 0 Å². The van der Waals surface area contributed by atoms with Crippen LogP contribution in [0.25, 0.3) is 0 Å². The highest BCUT2D eigenvalue weighted by Gasteiger charge is 2.24. The second kappa shape index (κ2) is 7.92. The van der Waals surface area contributed by atoms with E-state index in [1.54, 1.807) is 26.4 Å². The molecular weight excluding hydrogens is 342 g/mol. The van der Waals surface area contributed by atoms with Crippen LogP contribution in [-0.4, -0.2) is 58.8 Å². The Bertz CT molecular complexity index is 778. The van der Waals surface area contributed by atoms with Crippen molar-refractivity contribution < 1.29 is 18.3 Å². The van der Waals surface area contributed by atoms with E-state index in [-0.39, 0.29) is 18.6 Å². The molecule has 3 rings (SSSR count). The van der Waals surface area contributed by atoms with E-state index < -0.39 is 11.6 Å². The van der Waals surface area contributed by atoms with Crippen LogP contribution < -0.4 is 0 Å². The van der Waals surface area contributed by atoms with Gasteiger partial charge in [0.05, 0.1) is 18.3 Å². The van der Waals surface area contributed by atoms with Crippen LogP contribution in [0.4, 0.5) is 8.78 Å². The van der Waals surface area contributed by atoms with Crippen LogP contribution >= 0.6 is 0 Å². The minimum atomic E-state index is -0.855. The number of halogens is 2. The lowest BCUT2D eigenvalue weighted by Gasteiger charge is -2.24. The Morgan fingerprint density at radius 2 is 2.08 bits per heavy atom. The number of fused-ring (bicyclic) bond motifs is 1. The molecule has 0 radical (unpaired) electrons. The lowest BCUT2D eigenvalue weighted by atomic mass is 10.2. The molecule has 0 saturated carbocycles. The largest absolute Gasteiger partial charge is 0.365 e. The summed E-state index contributed by atoms with van der Waals surface area (Å²) in [5.74, 6) is -1.82. The third kappa shape index (κ3) is 4.44. The molecule has 140 valence electrons. The zero-order chi connectivity index (χ0) is 18.7. The molecule has 0 fully saturated rings. The third-order valence-electron chi connectivity index (χ3n) is 4.36. The van der Waals surface area contributed by atoms with Crippen LogP contribution in [-0.2, 0) is 29.2 Å². The Kier molecular flexibility index (Phi) is 5.63. The fourth-order valence-electron chi connectivity index (χ4n) is 2.93. The Balaban J connectivity index is 1.72. The first-order valence-corrected chi connectivity index (χ1v) is 8.41. The van der Waals surface area contributed by atoms with E-state index in [1.807, 2.05) is 10.7 Å². The minimum absolute atomic E-state index is 0.00666. The Morgan fingerprint density at radius 3 is 2.81 bits per heavy atom. The number of nitrogens with zero attached hydrogens (tertiary/aromatic N) is 4. The summed E-state index contributed by atoms with van der Waals surface area (Å²) in [5.41, 5.74) is 1.69. The molecule has 0 saturated heterocycles. The molecule has 0 bridgehead atoms. The van der Waals surface area contributed by atoms with Gasteiger partial charge in [0.1, 0.15) is 6.61 Å². The van der Waals surface area contributed by atoms with Gasteiger partial charge in [0.15, 0.2) is 11.6 Å². The number of amides is 1. The van der Waals surface area contributed by atoms with Crippen molar-refractivity contribution in [1.29, 1.82) is 0 Å². The summed E-state index contributed by atoms with van der Waals surface area (Å²) in [6.07, 6.45) is 1.49. The molecule has 2 aromatic rings. The molecule has 1 aromatic heterocycles. The second-order valence-electron chi connectivity index (χ2n) is 6.64. The Hall–Kier alpha value is -2.32. The number of carbonyl (C=O) groups excluding carboxylic acids is 1. The van der Waals surface area contributed by atoms with E-state index in [0.29, 0.717) is 31.7 Å². The molecule has 0 aliphatic carbocycles. The Labute approximate surface area is 151 Å². The number of hydrogen-bond donors (Lipinski definition) is 0. The van der Waals surface area contributed by atoms with Gasteiger partial charge in [0, 0.05) is 39.9 Å². The van der Waals surface area contributed by atoms with Crippen molar-refractivity contribution >= 4 is 5.91 Å². The van der Waals surface area contributed by atoms with Gasteiger partial charge in [-0.2, -0.15) is 5.10 Å². The lowest BCUT2D eigenvalue weighted by molar-refractivity contribution is -0.136. The van der Waals surface area contributed by atoms with Gasteiger partial charge in [-0.3, -0.25) is 14.4 Å². The van der Waals surface area contributed by atoms with Crippen molar-refractivity contribution in [1.82, 2.24) is 19.6 Å². The van der Waals surface area contributed by atoms with Gasteiger partial charge < -0.3 is 9.64 Å². The SMILES string of the molecule is CN(C)C(=O)CO[C@@H]1CN(Cc2ccc(F)c(F)c2)Cc2ccnn2C1. The van der Waals surface area contributed by atoms with Gasteiger partial charge in [-0.15, -0.1) is 0 Å². The molecule has 6 nitrogen and oxygen atoms in total. The van der Waals surface area contributed by atoms with E-state index in [9.17, 15) is 13.6 Å². The normalized spacial score (nSPS) is 17.6. The molecule has 26 heavy (non-hydrogen) atoms. The molecule has 0 N–H and O–H groups in total.